The maximum Gasteiger partial charge on any atom is 0.413 e. The summed E-state index contributed by atoms with van der Waals surface area (Å²) in [5.74, 6) is 0. The molecule has 17 heavy (non-hydrogen) atoms. The van der Waals surface area contributed by atoms with Crippen LogP contribution in [0.2, 0.25) is 0 Å². The molecule has 0 radical (unpaired) electrons. The largest absolute Gasteiger partial charge is 0.453 e. The Morgan fingerprint density at radius 2 is 2.41 bits per heavy atom. The van der Waals surface area contributed by atoms with Crippen molar-refractivity contribution in [2.45, 2.75) is 6.54 Å². The number of aromatic nitrogens is 1. The van der Waals surface area contributed by atoms with Crippen molar-refractivity contribution in [1.82, 2.24) is 9.88 Å². The van der Waals surface area contributed by atoms with Gasteiger partial charge in [-0.15, -0.1) is 11.3 Å². The molecule has 1 aromatic rings. The number of amides is 1. The average molecular weight is 257 g/mol. The van der Waals surface area contributed by atoms with Crippen LogP contribution in [0.5, 0.6) is 0 Å². The summed E-state index contributed by atoms with van der Waals surface area (Å²) in [5.41, 5.74) is 0. The maximum atomic E-state index is 11.0. The minimum Gasteiger partial charge on any atom is -0.453 e. The highest BCUT2D eigenvalue weighted by Gasteiger charge is 2.13. The van der Waals surface area contributed by atoms with E-state index in [1.807, 2.05) is 0 Å². The van der Waals surface area contributed by atoms with Crippen molar-refractivity contribution in [1.29, 1.82) is 0 Å². The molecule has 0 saturated carbocycles. The molecule has 1 saturated heterocycles. The van der Waals surface area contributed by atoms with Crippen molar-refractivity contribution in [3.05, 3.63) is 11.1 Å². The van der Waals surface area contributed by atoms with E-state index in [2.05, 4.69) is 19.9 Å². The molecule has 1 N–H and O–H groups in total. The van der Waals surface area contributed by atoms with Crippen LogP contribution < -0.4 is 5.32 Å². The van der Waals surface area contributed by atoms with Crippen LogP contribution in [0, 0.1) is 0 Å². The lowest BCUT2D eigenvalue weighted by Crippen LogP contribution is -2.35. The lowest BCUT2D eigenvalue weighted by atomic mass is 10.4. The third kappa shape index (κ3) is 3.65. The number of carbonyl (C=O) groups is 1. The van der Waals surface area contributed by atoms with Crippen LogP contribution in [0.4, 0.5) is 9.93 Å². The summed E-state index contributed by atoms with van der Waals surface area (Å²) in [4.78, 5) is 18.5. The van der Waals surface area contributed by atoms with Gasteiger partial charge in [0.2, 0.25) is 0 Å². The zero-order valence-corrected chi connectivity index (χ0v) is 10.5. The van der Waals surface area contributed by atoms with Crippen LogP contribution in [0.3, 0.4) is 0 Å². The number of hydrogen-bond donors (Lipinski definition) is 1. The molecule has 1 aliphatic heterocycles. The minimum absolute atomic E-state index is 0.489. The van der Waals surface area contributed by atoms with Crippen LogP contribution in [0.25, 0.3) is 0 Å². The highest BCUT2D eigenvalue weighted by molar-refractivity contribution is 7.15. The second kappa shape index (κ2) is 5.95. The van der Waals surface area contributed by atoms with Gasteiger partial charge in [-0.05, 0) is 0 Å². The molecule has 6 nitrogen and oxygen atoms in total. The van der Waals surface area contributed by atoms with Crippen molar-refractivity contribution in [2.24, 2.45) is 0 Å². The van der Waals surface area contributed by atoms with E-state index in [1.54, 1.807) is 6.20 Å². The number of hydrogen-bond acceptors (Lipinski definition) is 6. The number of thiazole rings is 1. The number of carbonyl (C=O) groups excluding carboxylic acids is 1. The first-order valence-electron chi connectivity index (χ1n) is 5.37. The number of methoxy groups -OCH3 is 1. The summed E-state index contributed by atoms with van der Waals surface area (Å²) >= 11 is 1.46. The molecule has 0 bridgehead atoms. The van der Waals surface area contributed by atoms with Crippen molar-refractivity contribution in [3.63, 3.8) is 0 Å². The first kappa shape index (κ1) is 12.3. The maximum absolute atomic E-state index is 11.0. The Hall–Kier alpha value is -1.18. The van der Waals surface area contributed by atoms with Gasteiger partial charge in [0.15, 0.2) is 5.13 Å². The molecule has 1 amide bonds. The molecule has 94 valence electrons. The van der Waals surface area contributed by atoms with E-state index in [4.69, 9.17) is 4.74 Å². The summed E-state index contributed by atoms with van der Waals surface area (Å²) < 4.78 is 9.79. The van der Waals surface area contributed by atoms with E-state index in [0.29, 0.717) is 5.13 Å². The van der Waals surface area contributed by atoms with Gasteiger partial charge in [-0.25, -0.2) is 9.78 Å². The van der Waals surface area contributed by atoms with E-state index < -0.39 is 6.09 Å². The third-order valence-electron chi connectivity index (χ3n) is 2.43. The number of nitrogens with zero attached hydrogens (tertiary/aromatic N) is 2. The lowest BCUT2D eigenvalue weighted by Gasteiger charge is -2.25. The Morgan fingerprint density at radius 1 is 1.65 bits per heavy atom. The molecule has 0 aliphatic carbocycles. The molecule has 0 atom stereocenters. The molecule has 1 aromatic heterocycles. The quantitative estimate of drug-likeness (QED) is 0.880. The standard InChI is InChI=1S/C10H15N3O3S/c1-15-10(14)12-9-11-6-8(17-9)7-13-2-4-16-5-3-13/h6H,2-5,7H2,1H3,(H,11,12,14). The van der Waals surface area contributed by atoms with Crippen LogP contribution in [0.1, 0.15) is 4.88 Å². The predicted molar refractivity (Wildman–Crippen MR) is 64.2 cm³/mol. The Kier molecular flexibility index (Phi) is 4.29. The van der Waals surface area contributed by atoms with Crippen molar-refractivity contribution < 1.29 is 14.3 Å². The molecule has 0 unspecified atom stereocenters. The first-order chi connectivity index (χ1) is 8.28. The zero-order chi connectivity index (χ0) is 12.1. The number of anilines is 1. The second-order valence-corrected chi connectivity index (χ2v) is 4.75. The highest BCUT2D eigenvalue weighted by Crippen LogP contribution is 2.20. The molecular weight excluding hydrogens is 242 g/mol. The van der Waals surface area contributed by atoms with Crippen molar-refractivity contribution in [3.8, 4) is 0 Å². The normalized spacial score (nSPS) is 16.8. The number of ether oxygens (including phenoxy) is 2. The molecule has 2 heterocycles. The van der Waals surface area contributed by atoms with Gasteiger partial charge in [-0.3, -0.25) is 10.2 Å². The topological polar surface area (TPSA) is 63.7 Å². The monoisotopic (exact) mass is 257 g/mol. The fraction of sp³-hybridized carbons (Fsp3) is 0.600. The Labute approximate surface area is 104 Å². The number of morpholine rings is 1. The van der Waals surface area contributed by atoms with E-state index in [1.165, 1.54) is 18.4 Å². The van der Waals surface area contributed by atoms with Crippen molar-refractivity contribution >= 4 is 22.6 Å². The predicted octanol–water partition coefficient (Wildman–Crippen LogP) is 1.15. The summed E-state index contributed by atoms with van der Waals surface area (Å²) in [6.07, 6.45) is 1.29. The van der Waals surface area contributed by atoms with E-state index >= 15 is 0 Å². The second-order valence-electron chi connectivity index (χ2n) is 3.64. The van der Waals surface area contributed by atoms with Crippen LogP contribution in [-0.2, 0) is 16.0 Å². The molecule has 0 spiro atoms. The van der Waals surface area contributed by atoms with Crippen LogP contribution in [0.15, 0.2) is 6.20 Å². The average Bonchev–Trinajstić information content (AvgIpc) is 2.77. The molecule has 1 fully saturated rings. The van der Waals surface area contributed by atoms with Gasteiger partial charge in [-0.1, -0.05) is 0 Å². The molecule has 7 heteroatoms. The number of rotatable bonds is 3. The van der Waals surface area contributed by atoms with E-state index in [-0.39, 0.29) is 0 Å². The van der Waals surface area contributed by atoms with E-state index in [0.717, 1.165) is 37.7 Å². The minimum atomic E-state index is -0.489. The zero-order valence-electron chi connectivity index (χ0n) is 9.64. The van der Waals surface area contributed by atoms with Gasteiger partial charge < -0.3 is 9.47 Å². The van der Waals surface area contributed by atoms with E-state index in [9.17, 15) is 4.79 Å². The molecule has 0 aromatic carbocycles. The first-order valence-corrected chi connectivity index (χ1v) is 6.19. The lowest BCUT2D eigenvalue weighted by molar-refractivity contribution is 0.0346. The highest BCUT2D eigenvalue weighted by atomic mass is 32.1. The Morgan fingerprint density at radius 3 is 3.12 bits per heavy atom. The van der Waals surface area contributed by atoms with Gasteiger partial charge in [0.25, 0.3) is 0 Å². The summed E-state index contributed by atoms with van der Waals surface area (Å²) in [6, 6.07) is 0. The Bertz CT molecular complexity index is 377. The molecular formula is C10H15N3O3S. The number of nitrogens with one attached hydrogen (secondary N) is 1. The van der Waals surface area contributed by atoms with Gasteiger partial charge in [0.05, 0.1) is 20.3 Å². The van der Waals surface area contributed by atoms with Gasteiger partial charge >= 0.3 is 6.09 Å². The van der Waals surface area contributed by atoms with Gasteiger partial charge in [0.1, 0.15) is 0 Å². The van der Waals surface area contributed by atoms with Crippen LogP contribution in [-0.4, -0.2) is 49.4 Å². The van der Waals surface area contributed by atoms with Gasteiger partial charge in [-0.2, -0.15) is 0 Å². The SMILES string of the molecule is COC(=O)Nc1ncc(CN2CCOCC2)s1. The smallest absolute Gasteiger partial charge is 0.413 e. The summed E-state index contributed by atoms with van der Waals surface area (Å²) in [5, 5.41) is 3.12. The fourth-order valence-electron chi connectivity index (χ4n) is 1.56. The van der Waals surface area contributed by atoms with Crippen molar-refractivity contribution in [2.75, 3.05) is 38.7 Å². The molecule has 1 aliphatic rings. The third-order valence-corrected chi connectivity index (χ3v) is 3.33. The summed E-state index contributed by atoms with van der Waals surface area (Å²) in [6.45, 7) is 4.30. The summed E-state index contributed by atoms with van der Waals surface area (Å²) in [7, 11) is 1.33. The fourth-order valence-corrected chi connectivity index (χ4v) is 2.40. The van der Waals surface area contributed by atoms with Gasteiger partial charge in [0, 0.05) is 30.7 Å². The van der Waals surface area contributed by atoms with Crippen LogP contribution >= 0.6 is 11.3 Å². The molecule has 2 rings (SSSR count). The Balaban J connectivity index is 1.86.